The molecule has 8 nitrogen and oxygen atoms in total. The molecule has 3 aromatic rings. The quantitative estimate of drug-likeness (QED) is 0.185. The molecule has 0 saturated heterocycles. The molecule has 3 aromatic carbocycles. The number of benzene rings is 3. The molecule has 0 radical (unpaired) electrons. The summed E-state index contributed by atoms with van der Waals surface area (Å²) in [7, 11) is 0. The Kier molecular flexibility index (Phi) is 7.33. The summed E-state index contributed by atoms with van der Waals surface area (Å²) in [5.41, 5.74) is 1.44. The summed E-state index contributed by atoms with van der Waals surface area (Å²) < 4.78 is 10.5. The number of hydrogen-bond acceptors (Lipinski definition) is 8. The standard InChI is InChI=1S/C25H20O8/c26-19-9-5-16(13-21(19)28)7-11-24(30)32-15-18-3-1-2-4-23(18)33-25(31)12-8-17-6-10-20(27)22(29)14-17/h1-14,26-29H,15H2/b11-7+,12-8+. The van der Waals surface area contributed by atoms with Crippen LogP contribution in [0.2, 0.25) is 0 Å². The number of carbonyl (C=O) groups excluding carboxylic acids is 2. The topological polar surface area (TPSA) is 134 Å². The predicted octanol–water partition coefficient (Wildman–Crippen LogP) is 3.88. The van der Waals surface area contributed by atoms with E-state index in [4.69, 9.17) is 9.47 Å². The van der Waals surface area contributed by atoms with Crippen LogP contribution >= 0.6 is 0 Å². The molecular formula is C25H20O8. The lowest BCUT2D eigenvalue weighted by Gasteiger charge is -2.09. The van der Waals surface area contributed by atoms with Crippen LogP contribution in [0.15, 0.2) is 72.8 Å². The molecule has 0 amide bonds. The molecule has 0 unspecified atom stereocenters. The molecule has 0 aromatic heterocycles. The highest BCUT2D eigenvalue weighted by molar-refractivity contribution is 5.89. The minimum absolute atomic E-state index is 0.150. The number of hydrogen-bond donors (Lipinski definition) is 4. The van der Waals surface area contributed by atoms with Crippen LogP contribution in [0, 0.1) is 0 Å². The average Bonchev–Trinajstić information content (AvgIpc) is 2.80. The maximum absolute atomic E-state index is 12.2. The summed E-state index contributed by atoms with van der Waals surface area (Å²) in [5, 5.41) is 37.6. The van der Waals surface area contributed by atoms with Crippen LogP contribution in [-0.4, -0.2) is 32.4 Å². The van der Waals surface area contributed by atoms with Crippen LogP contribution in [0.4, 0.5) is 0 Å². The first kappa shape index (κ1) is 23.0. The van der Waals surface area contributed by atoms with Crippen molar-refractivity contribution in [2.24, 2.45) is 0 Å². The highest BCUT2D eigenvalue weighted by Gasteiger charge is 2.09. The molecule has 0 aliphatic carbocycles. The van der Waals surface area contributed by atoms with Crippen LogP contribution in [0.3, 0.4) is 0 Å². The van der Waals surface area contributed by atoms with Crippen molar-refractivity contribution >= 4 is 24.1 Å². The van der Waals surface area contributed by atoms with Crippen LogP contribution in [0.25, 0.3) is 12.2 Å². The predicted molar refractivity (Wildman–Crippen MR) is 119 cm³/mol. The Labute approximate surface area is 188 Å². The van der Waals surface area contributed by atoms with E-state index >= 15 is 0 Å². The number of ether oxygens (including phenoxy) is 2. The third-order valence-electron chi connectivity index (χ3n) is 4.38. The fourth-order valence-electron chi connectivity index (χ4n) is 2.68. The SMILES string of the molecule is O=C(/C=C/c1ccc(O)c(O)c1)OCc1ccccc1OC(=O)/C=C/c1ccc(O)c(O)c1. The van der Waals surface area contributed by atoms with E-state index < -0.39 is 11.9 Å². The number of carbonyl (C=O) groups is 2. The van der Waals surface area contributed by atoms with Crippen molar-refractivity contribution < 1.29 is 39.5 Å². The Morgan fingerprint density at radius 1 is 0.697 bits per heavy atom. The second-order valence-corrected chi connectivity index (χ2v) is 6.80. The molecule has 0 aliphatic rings. The Morgan fingerprint density at radius 2 is 1.24 bits per heavy atom. The number of para-hydroxylation sites is 1. The lowest BCUT2D eigenvalue weighted by atomic mass is 10.2. The van der Waals surface area contributed by atoms with Crippen molar-refractivity contribution in [3.05, 3.63) is 89.5 Å². The van der Waals surface area contributed by atoms with E-state index in [1.165, 1.54) is 48.6 Å². The molecule has 33 heavy (non-hydrogen) atoms. The zero-order valence-corrected chi connectivity index (χ0v) is 17.2. The molecule has 0 bridgehead atoms. The van der Waals surface area contributed by atoms with Crippen molar-refractivity contribution in [2.45, 2.75) is 6.61 Å². The number of phenols is 4. The molecule has 0 spiro atoms. The van der Waals surface area contributed by atoms with Gasteiger partial charge in [0.05, 0.1) is 0 Å². The largest absolute Gasteiger partial charge is 0.504 e. The summed E-state index contributed by atoms with van der Waals surface area (Å²) in [6.07, 6.45) is 5.15. The third-order valence-corrected chi connectivity index (χ3v) is 4.38. The average molecular weight is 448 g/mol. The molecule has 4 N–H and O–H groups in total. The number of esters is 2. The second-order valence-electron chi connectivity index (χ2n) is 6.80. The zero-order chi connectivity index (χ0) is 23.8. The summed E-state index contributed by atoms with van der Waals surface area (Å²) in [4.78, 5) is 24.2. The summed E-state index contributed by atoms with van der Waals surface area (Å²) in [5.74, 6) is -2.29. The normalized spacial score (nSPS) is 11.0. The van der Waals surface area contributed by atoms with Gasteiger partial charge < -0.3 is 29.9 Å². The minimum atomic E-state index is -0.687. The van der Waals surface area contributed by atoms with Gasteiger partial charge in [-0.2, -0.15) is 0 Å². The fourth-order valence-corrected chi connectivity index (χ4v) is 2.68. The molecule has 0 heterocycles. The van der Waals surface area contributed by atoms with Crippen molar-refractivity contribution in [3.63, 3.8) is 0 Å². The molecule has 0 aliphatic heterocycles. The van der Waals surface area contributed by atoms with Gasteiger partial charge in [0.15, 0.2) is 23.0 Å². The molecule has 3 rings (SSSR count). The molecular weight excluding hydrogens is 428 g/mol. The highest BCUT2D eigenvalue weighted by Crippen LogP contribution is 2.26. The monoisotopic (exact) mass is 448 g/mol. The van der Waals surface area contributed by atoms with Crippen molar-refractivity contribution in [1.82, 2.24) is 0 Å². The Bertz CT molecular complexity index is 1230. The molecule has 8 heteroatoms. The highest BCUT2D eigenvalue weighted by atomic mass is 16.5. The second kappa shape index (κ2) is 10.5. The van der Waals surface area contributed by atoms with E-state index in [9.17, 15) is 30.0 Å². The molecule has 168 valence electrons. The first-order valence-electron chi connectivity index (χ1n) is 9.68. The van der Waals surface area contributed by atoms with Crippen molar-refractivity contribution in [3.8, 4) is 28.7 Å². The lowest BCUT2D eigenvalue weighted by Crippen LogP contribution is -2.07. The van der Waals surface area contributed by atoms with E-state index in [0.29, 0.717) is 16.7 Å². The summed E-state index contributed by atoms with van der Waals surface area (Å²) in [6.45, 7) is -0.150. The van der Waals surface area contributed by atoms with Crippen LogP contribution in [0.5, 0.6) is 28.7 Å². The van der Waals surface area contributed by atoms with Crippen molar-refractivity contribution in [2.75, 3.05) is 0 Å². The smallest absolute Gasteiger partial charge is 0.336 e. The molecule has 0 atom stereocenters. The summed E-state index contributed by atoms with van der Waals surface area (Å²) in [6, 6.07) is 14.8. The van der Waals surface area contributed by atoms with Gasteiger partial charge in [0.1, 0.15) is 12.4 Å². The van der Waals surface area contributed by atoms with E-state index in [1.54, 1.807) is 24.3 Å². The third kappa shape index (κ3) is 6.63. The fraction of sp³-hybridized carbons (Fsp3) is 0.0400. The van der Waals surface area contributed by atoms with E-state index in [0.717, 1.165) is 12.2 Å². The van der Waals surface area contributed by atoms with Gasteiger partial charge >= 0.3 is 11.9 Å². The first-order chi connectivity index (χ1) is 15.8. The number of aromatic hydroxyl groups is 4. The Hall–Kier alpha value is -4.72. The van der Waals surface area contributed by atoms with E-state index in [2.05, 4.69) is 0 Å². The van der Waals surface area contributed by atoms with E-state index in [1.807, 2.05) is 0 Å². The van der Waals surface area contributed by atoms with Gasteiger partial charge in [0, 0.05) is 17.7 Å². The maximum Gasteiger partial charge on any atom is 0.336 e. The van der Waals surface area contributed by atoms with Crippen LogP contribution < -0.4 is 4.74 Å². The Morgan fingerprint density at radius 3 is 1.82 bits per heavy atom. The van der Waals surface area contributed by atoms with Gasteiger partial charge in [0.2, 0.25) is 0 Å². The minimum Gasteiger partial charge on any atom is -0.504 e. The Balaban J connectivity index is 1.59. The van der Waals surface area contributed by atoms with Gasteiger partial charge in [-0.25, -0.2) is 9.59 Å². The molecule has 0 saturated carbocycles. The molecule has 0 fully saturated rings. The van der Waals surface area contributed by atoms with Crippen LogP contribution in [0.1, 0.15) is 16.7 Å². The first-order valence-corrected chi connectivity index (χ1v) is 9.68. The number of rotatable bonds is 7. The lowest BCUT2D eigenvalue weighted by molar-refractivity contribution is -0.138. The van der Waals surface area contributed by atoms with Gasteiger partial charge in [-0.15, -0.1) is 0 Å². The summed E-state index contributed by atoms with van der Waals surface area (Å²) >= 11 is 0. The van der Waals surface area contributed by atoms with Gasteiger partial charge in [-0.05, 0) is 53.6 Å². The van der Waals surface area contributed by atoms with Gasteiger partial charge in [0.25, 0.3) is 0 Å². The zero-order valence-electron chi connectivity index (χ0n) is 17.2. The number of phenolic OH excluding ortho intramolecular Hbond substituents is 4. The van der Waals surface area contributed by atoms with Crippen LogP contribution in [-0.2, 0) is 20.9 Å². The van der Waals surface area contributed by atoms with Gasteiger partial charge in [-0.1, -0.05) is 30.3 Å². The maximum atomic E-state index is 12.2. The van der Waals surface area contributed by atoms with Crippen molar-refractivity contribution in [1.29, 1.82) is 0 Å². The van der Waals surface area contributed by atoms with E-state index in [-0.39, 0.29) is 35.4 Å². The van der Waals surface area contributed by atoms with Gasteiger partial charge in [-0.3, -0.25) is 0 Å².